The fourth-order valence-electron chi connectivity index (χ4n) is 3.94. The number of carbonyl (C=O) groups excluding carboxylic acids is 1. The van der Waals surface area contributed by atoms with Crippen molar-refractivity contribution in [2.75, 3.05) is 27.3 Å². The lowest BCUT2D eigenvalue weighted by atomic mass is 9.83. The van der Waals surface area contributed by atoms with E-state index in [0.29, 0.717) is 0 Å². The van der Waals surface area contributed by atoms with E-state index in [2.05, 4.69) is 48.4 Å². The summed E-state index contributed by atoms with van der Waals surface area (Å²) < 4.78 is 11.1. The smallest absolute Gasteiger partial charge is 0.315 e. The number of hydrogen-bond donors (Lipinski definition) is 2. The van der Waals surface area contributed by atoms with Gasteiger partial charge in [-0.1, -0.05) is 20.8 Å². The molecular weight excluding hydrogens is 354 g/mol. The van der Waals surface area contributed by atoms with Crippen LogP contribution in [0.2, 0.25) is 0 Å². The van der Waals surface area contributed by atoms with Crippen LogP contribution in [0.3, 0.4) is 0 Å². The molecule has 158 valence electrons. The Bertz CT molecular complexity index is 682. The first kappa shape index (κ1) is 22.3. The van der Waals surface area contributed by atoms with Crippen LogP contribution in [0.25, 0.3) is 0 Å². The molecule has 0 aliphatic carbocycles. The molecule has 2 amide bonds. The largest absolute Gasteiger partial charge is 0.493 e. The molecular formula is C22H37N3O3. The first-order valence-corrected chi connectivity index (χ1v) is 10.2. The molecule has 0 bridgehead atoms. The van der Waals surface area contributed by atoms with E-state index in [1.807, 2.05) is 20.8 Å². The molecule has 2 atom stereocenters. The molecule has 0 spiro atoms. The SMILES string of the molecule is CCN1CCc2cc(OC)c(OC)cc2[C@H]1[C@H](NC(=O)NC(C)(C)C)C(C)C. The van der Waals surface area contributed by atoms with E-state index in [0.717, 1.165) is 31.0 Å². The van der Waals surface area contributed by atoms with E-state index in [9.17, 15) is 4.79 Å². The molecule has 0 saturated heterocycles. The fraction of sp³-hybridized carbons (Fsp3) is 0.682. The predicted molar refractivity (Wildman–Crippen MR) is 113 cm³/mol. The van der Waals surface area contributed by atoms with E-state index in [1.165, 1.54) is 11.1 Å². The average molecular weight is 392 g/mol. The molecule has 28 heavy (non-hydrogen) atoms. The second-order valence-corrected chi connectivity index (χ2v) is 8.85. The molecule has 6 nitrogen and oxygen atoms in total. The number of fused-ring (bicyclic) bond motifs is 1. The summed E-state index contributed by atoms with van der Waals surface area (Å²) in [4.78, 5) is 15.1. The van der Waals surface area contributed by atoms with Gasteiger partial charge in [-0.25, -0.2) is 4.79 Å². The maximum Gasteiger partial charge on any atom is 0.315 e. The number of rotatable bonds is 6. The second-order valence-electron chi connectivity index (χ2n) is 8.85. The Morgan fingerprint density at radius 2 is 1.82 bits per heavy atom. The molecule has 0 saturated carbocycles. The highest BCUT2D eigenvalue weighted by Crippen LogP contribution is 2.40. The van der Waals surface area contributed by atoms with Gasteiger partial charge in [0.05, 0.1) is 26.3 Å². The van der Waals surface area contributed by atoms with Crippen molar-refractivity contribution < 1.29 is 14.3 Å². The number of methoxy groups -OCH3 is 2. The quantitative estimate of drug-likeness (QED) is 0.775. The van der Waals surface area contributed by atoms with Crippen LogP contribution in [0, 0.1) is 5.92 Å². The third kappa shape index (κ3) is 5.10. The first-order valence-electron chi connectivity index (χ1n) is 10.2. The number of likely N-dealkylation sites (N-methyl/N-ethyl adjacent to an activating group) is 1. The van der Waals surface area contributed by atoms with Gasteiger partial charge in [-0.15, -0.1) is 0 Å². The van der Waals surface area contributed by atoms with Crippen LogP contribution in [-0.2, 0) is 6.42 Å². The number of amides is 2. The van der Waals surface area contributed by atoms with Crippen molar-refractivity contribution in [2.24, 2.45) is 5.92 Å². The normalized spacial score (nSPS) is 18.4. The summed E-state index contributed by atoms with van der Waals surface area (Å²) in [5.41, 5.74) is 2.19. The number of nitrogens with one attached hydrogen (secondary N) is 2. The van der Waals surface area contributed by atoms with Crippen molar-refractivity contribution in [3.05, 3.63) is 23.3 Å². The monoisotopic (exact) mass is 391 g/mol. The van der Waals surface area contributed by atoms with Crippen LogP contribution >= 0.6 is 0 Å². The van der Waals surface area contributed by atoms with Gasteiger partial charge in [0.2, 0.25) is 0 Å². The molecule has 6 heteroatoms. The lowest BCUT2D eigenvalue weighted by Gasteiger charge is -2.43. The minimum Gasteiger partial charge on any atom is -0.493 e. The van der Waals surface area contributed by atoms with Gasteiger partial charge in [0.15, 0.2) is 11.5 Å². The molecule has 0 fully saturated rings. The fourth-order valence-corrected chi connectivity index (χ4v) is 3.94. The van der Waals surface area contributed by atoms with Gasteiger partial charge in [0, 0.05) is 12.1 Å². The standard InChI is InChI=1S/C22H37N3O3/c1-9-25-11-10-15-12-17(27-7)18(28-8)13-16(15)20(25)19(14(2)3)23-21(26)24-22(4,5)6/h12-14,19-20H,9-11H2,1-8H3,(H2,23,24,26)/t19-,20+/m1/s1. The number of urea groups is 1. The second kappa shape index (κ2) is 9.03. The molecule has 0 unspecified atom stereocenters. The number of ether oxygens (including phenoxy) is 2. The maximum atomic E-state index is 12.7. The minimum atomic E-state index is -0.281. The summed E-state index contributed by atoms with van der Waals surface area (Å²) in [6.45, 7) is 14.3. The third-order valence-electron chi connectivity index (χ3n) is 5.28. The van der Waals surface area contributed by atoms with E-state index in [1.54, 1.807) is 14.2 Å². The lowest BCUT2D eigenvalue weighted by Crippen LogP contribution is -2.56. The summed E-state index contributed by atoms with van der Waals surface area (Å²) in [5.74, 6) is 1.75. The molecule has 1 aromatic carbocycles. The number of hydrogen-bond acceptors (Lipinski definition) is 4. The van der Waals surface area contributed by atoms with E-state index in [4.69, 9.17) is 9.47 Å². The Balaban J connectivity index is 2.45. The zero-order valence-electron chi connectivity index (χ0n) is 18.7. The van der Waals surface area contributed by atoms with Crippen LogP contribution in [0.5, 0.6) is 11.5 Å². The summed E-state index contributed by atoms with van der Waals surface area (Å²) in [7, 11) is 3.33. The van der Waals surface area contributed by atoms with Crippen molar-refractivity contribution in [3.63, 3.8) is 0 Å². The summed E-state index contributed by atoms with van der Waals surface area (Å²) in [5, 5.41) is 6.28. The van der Waals surface area contributed by atoms with E-state index in [-0.39, 0.29) is 29.6 Å². The van der Waals surface area contributed by atoms with Crippen molar-refractivity contribution in [3.8, 4) is 11.5 Å². The number of benzene rings is 1. The molecule has 1 aromatic rings. The third-order valence-corrected chi connectivity index (χ3v) is 5.28. The zero-order chi connectivity index (χ0) is 21.1. The van der Waals surface area contributed by atoms with Crippen molar-refractivity contribution in [1.29, 1.82) is 0 Å². The number of carbonyl (C=O) groups is 1. The molecule has 0 aromatic heterocycles. The number of nitrogens with zero attached hydrogens (tertiary/aromatic N) is 1. The molecule has 1 aliphatic rings. The molecule has 2 rings (SSSR count). The van der Waals surface area contributed by atoms with Gasteiger partial charge < -0.3 is 20.1 Å². The van der Waals surface area contributed by atoms with Crippen LogP contribution < -0.4 is 20.1 Å². The average Bonchev–Trinajstić information content (AvgIpc) is 2.62. The topological polar surface area (TPSA) is 62.8 Å². The van der Waals surface area contributed by atoms with Gasteiger partial charge >= 0.3 is 6.03 Å². The van der Waals surface area contributed by atoms with Gasteiger partial charge in [-0.05, 0) is 62.9 Å². The Morgan fingerprint density at radius 1 is 1.21 bits per heavy atom. The van der Waals surface area contributed by atoms with Crippen LogP contribution in [0.4, 0.5) is 4.79 Å². The molecule has 1 heterocycles. The highest BCUT2D eigenvalue weighted by atomic mass is 16.5. The first-order chi connectivity index (χ1) is 13.1. The van der Waals surface area contributed by atoms with E-state index >= 15 is 0 Å². The Morgan fingerprint density at radius 3 is 2.32 bits per heavy atom. The van der Waals surface area contributed by atoms with E-state index < -0.39 is 0 Å². The van der Waals surface area contributed by atoms with Gasteiger partial charge in [0.25, 0.3) is 0 Å². The summed E-state index contributed by atoms with van der Waals surface area (Å²) in [6.07, 6.45) is 0.957. The van der Waals surface area contributed by atoms with Crippen molar-refractivity contribution in [1.82, 2.24) is 15.5 Å². The van der Waals surface area contributed by atoms with Crippen LogP contribution in [0.1, 0.15) is 58.7 Å². The zero-order valence-corrected chi connectivity index (χ0v) is 18.7. The van der Waals surface area contributed by atoms with Gasteiger partial charge in [-0.3, -0.25) is 4.90 Å². The molecule has 0 radical (unpaired) electrons. The van der Waals surface area contributed by atoms with Crippen molar-refractivity contribution >= 4 is 6.03 Å². The van der Waals surface area contributed by atoms with Crippen LogP contribution in [-0.4, -0.2) is 49.8 Å². The Kier molecular flexibility index (Phi) is 7.21. The molecule has 1 aliphatic heterocycles. The minimum absolute atomic E-state index is 0.0283. The van der Waals surface area contributed by atoms with Crippen LogP contribution in [0.15, 0.2) is 12.1 Å². The Hall–Kier alpha value is -1.95. The maximum absolute atomic E-state index is 12.7. The molecule has 2 N–H and O–H groups in total. The highest BCUT2D eigenvalue weighted by molar-refractivity contribution is 5.75. The lowest BCUT2D eigenvalue weighted by molar-refractivity contribution is 0.131. The summed E-state index contributed by atoms with van der Waals surface area (Å²) in [6, 6.07) is 4.09. The highest BCUT2D eigenvalue weighted by Gasteiger charge is 2.36. The van der Waals surface area contributed by atoms with Gasteiger partial charge in [-0.2, -0.15) is 0 Å². The summed E-state index contributed by atoms with van der Waals surface area (Å²) >= 11 is 0. The van der Waals surface area contributed by atoms with Crippen molar-refractivity contribution in [2.45, 2.75) is 65.6 Å². The van der Waals surface area contributed by atoms with Gasteiger partial charge in [0.1, 0.15) is 0 Å². The predicted octanol–water partition coefficient (Wildman–Crippen LogP) is 3.75. The Labute approximate surface area is 170 Å².